The number of aryl methyl sites for hydroxylation is 1. The number of carboxylic acids is 1. The Hall–Kier alpha value is -1.84. The molecule has 0 fully saturated rings. The summed E-state index contributed by atoms with van der Waals surface area (Å²) < 4.78 is 5.08. The van der Waals surface area contributed by atoms with E-state index in [1.807, 2.05) is 0 Å². The quantitative estimate of drug-likeness (QED) is 0.605. The summed E-state index contributed by atoms with van der Waals surface area (Å²) in [6.45, 7) is 3.82. The molecule has 0 bridgehead atoms. The molecule has 0 aromatic heterocycles. The van der Waals surface area contributed by atoms with Crippen LogP contribution in [0.15, 0.2) is 12.1 Å². The topological polar surface area (TPSA) is 63.6 Å². The van der Waals surface area contributed by atoms with Crippen molar-refractivity contribution in [1.82, 2.24) is 0 Å². The molecule has 1 rings (SSSR count). The molecule has 104 valence electrons. The Bertz CT molecular complexity index is 477. The molecule has 4 nitrogen and oxygen atoms in total. The molecule has 0 aliphatic heterocycles. The minimum absolute atomic E-state index is 0.0123. The van der Waals surface area contributed by atoms with Gasteiger partial charge in [-0.2, -0.15) is 0 Å². The monoisotopic (exact) mass is 264 g/mol. The van der Waals surface area contributed by atoms with Crippen LogP contribution in [0, 0.1) is 6.92 Å². The van der Waals surface area contributed by atoms with Crippen LogP contribution in [0.25, 0.3) is 0 Å². The third kappa shape index (κ3) is 3.81. The molecule has 0 heterocycles. The number of methoxy groups -OCH3 is 1. The zero-order valence-corrected chi connectivity index (χ0v) is 11.7. The summed E-state index contributed by atoms with van der Waals surface area (Å²) in [4.78, 5) is 23.2. The number of Topliss-reactive ketones (excluding diaryl/α,β-unsaturated/α-hetero) is 1. The molecule has 0 aliphatic carbocycles. The summed E-state index contributed by atoms with van der Waals surface area (Å²) in [5.74, 6) is -0.775. The van der Waals surface area contributed by atoms with E-state index in [1.54, 1.807) is 13.0 Å². The number of carbonyl (C=O) groups excluding carboxylic acids is 1. The first-order chi connectivity index (χ1) is 9.01. The van der Waals surface area contributed by atoms with Crippen molar-refractivity contribution in [3.63, 3.8) is 0 Å². The Morgan fingerprint density at radius 2 is 1.95 bits per heavy atom. The van der Waals surface area contributed by atoms with Crippen LogP contribution in [0.1, 0.15) is 58.9 Å². The minimum atomic E-state index is -1.08. The molecule has 0 radical (unpaired) electrons. The Labute approximate surface area is 113 Å². The highest BCUT2D eigenvalue weighted by atomic mass is 16.5. The van der Waals surface area contributed by atoms with Gasteiger partial charge in [0.05, 0.1) is 7.11 Å². The molecule has 0 amide bonds. The van der Waals surface area contributed by atoms with Crippen LogP contribution in [0.3, 0.4) is 0 Å². The van der Waals surface area contributed by atoms with Crippen molar-refractivity contribution in [2.24, 2.45) is 0 Å². The van der Waals surface area contributed by atoms with E-state index in [0.29, 0.717) is 23.3 Å². The van der Waals surface area contributed by atoms with Crippen LogP contribution in [0.5, 0.6) is 5.75 Å². The van der Waals surface area contributed by atoms with Crippen molar-refractivity contribution in [1.29, 1.82) is 0 Å². The van der Waals surface area contributed by atoms with Gasteiger partial charge in [0.15, 0.2) is 5.78 Å². The van der Waals surface area contributed by atoms with Crippen molar-refractivity contribution in [2.45, 2.75) is 39.5 Å². The predicted molar refractivity (Wildman–Crippen MR) is 73.2 cm³/mol. The van der Waals surface area contributed by atoms with Gasteiger partial charge in [0.25, 0.3) is 0 Å². The summed E-state index contributed by atoms with van der Waals surface area (Å²) in [7, 11) is 1.43. The molecular weight excluding hydrogens is 244 g/mol. The summed E-state index contributed by atoms with van der Waals surface area (Å²) in [6, 6.07) is 3.10. The number of carbonyl (C=O) groups is 2. The van der Waals surface area contributed by atoms with Gasteiger partial charge in [-0.15, -0.1) is 0 Å². The maximum atomic E-state index is 12.0. The number of ether oxygens (including phenoxy) is 1. The van der Waals surface area contributed by atoms with E-state index in [9.17, 15) is 9.59 Å². The van der Waals surface area contributed by atoms with Crippen LogP contribution >= 0.6 is 0 Å². The second-order valence-corrected chi connectivity index (χ2v) is 4.56. The molecule has 0 atom stereocenters. The zero-order valence-electron chi connectivity index (χ0n) is 11.7. The summed E-state index contributed by atoms with van der Waals surface area (Å²) in [6.07, 6.45) is 3.35. The predicted octanol–water partition coefficient (Wildman–Crippen LogP) is 3.46. The summed E-state index contributed by atoms with van der Waals surface area (Å²) in [5, 5.41) is 9.15. The van der Waals surface area contributed by atoms with Crippen molar-refractivity contribution in [3.8, 4) is 5.75 Å². The Kier molecular flexibility index (Phi) is 5.55. The zero-order chi connectivity index (χ0) is 14.4. The van der Waals surface area contributed by atoms with E-state index >= 15 is 0 Å². The molecule has 0 saturated heterocycles. The fourth-order valence-electron chi connectivity index (χ4n) is 2.04. The number of benzene rings is 1. The van der Waals surface area contributed by atoms with Gasteiger partial charge in [0.2, 0.25) is 0 Å². The Morgan fingerprint density at radius 3 is 2.47 bits per heavy atom. The number of hydrogen-bond donors (Lipinski definition) is 1. The Morgan fingerprint density at radius 1 is 1.26 bits per heavy atom. The highest BCUT2D eigenvalue weighted by Crippen LogP contribution is 2.26. The number of hydrogen-bond acceptors (Lipinski definition) is 3. The highest BCUT2D eigenvalue weighted by Gasteiger charge is 2.17. The molecular formula is C15H20O4. The van der Waals surface area contributed by atoms with E-state index in [1.165, 1.54) is 13.2 Å². The van der Waals surface area contributed by atoms with Gasteiger partial charge in [-0.05, 0) is 31.0 Å². The molecule has 0 saturated carbocycles. The highest BCUT2D eigenvalue weighted by molar-refractivity contribution is 6.00. The second kappa shape index (κ2) is 6.92. The number of unbranched alkanes of at least 4 members (excludes halogenated alkanes) is 2. The van der Waals surface area contributed by atoms with Crippen molar-refractivity contribution >= 4 is 11.8 Å². The van der Waals surface area contributed by atoms with Gasteiger partial charge in [-0.3, -0.25) is 4.79 Å². The SMILES string of the molecule is CCCCCC(=O)c1cc(C)c(OC)c(C(=O)O)c1. The minimum Gasteiger partial charge on any atom is -0.496 e. The van der Waals surface area contributed by atoms with Gasteiger partial charge in [0, 0.05) is 12.0 Å². The molecule has 1 aromatic rings. The Balaban J connectivity index is 3.03. The number of rotatable bonds is 7. The van der Waals surface area contributed by atoms with Gasteiger partial charge in [-0.1, -0.05) is 19.8 Å². The first-order valence-corrected chi connectivity index (χ1v) is 6.46. The summed E-state index contributed by atoms with van der Waals surface area (Å²) >= 11 is 0. The van der Waals surface area contributed by atoms with Crippen molar-refractivity contribution < 1.29 is 19.4 Å². The number of ketones is 1. The van der Waals surface area contributed by atoms with Crippen LogP contribution < -0.4 is 4.74 Å². The average molecular weight is 264 g/mol. The molecule has 1 aromatic carbocycles. The van der Waals surface area contributed by atoms with Crippen LogP contribution in [0.2, 0.25) is 0 Å². The lowest BCUT2D eigenvalue weighted by molar-refractivity contribution is 0.0693. The van der Waals surface area contributed by atoms with Crippen LogP contribution in [-0.4, -0.2) is 24.0 Å². The smallest absolute Gasteiger partial charge is 0.339 e. The van der Waals surface area contributed by atoms with Gasteiger partial charge in [0.1, 0.15) is 11.3 Å². The van der Waals surface area contributed by atoms with Crippen LogP contribution in [-0.2, 0) is 0 Å². The normalized spacial score (nSPS) is 10.3. The molecule has 4 heteroatoms. The number of aromatic carboxylic acids is 1. The molecule has 0 spiro atoms. The van der Waals surface area contributed by atoms with Gasteiger partial charge in [-0.25, -0.2) is 4.79 Å². The number of carboxylic acid groups (broad SMARTS) is 1. The lowest BCUT2D eigenvalue weighted by Crippen LogP contribution is -2.07. The lowest BCUT2D eigenvalue weighted by atomic mass is 9.99. The maximum absolute atomic E-state index is 12.0. The molecule has 0 unspecified atom stereocenters. The first kappa shape index (κ1) is 15.2. The standard InChI is InChI=1S/C15H20O4/c1-4-5-6-7-13(16)11-8-10(2)14(19-3)12(9-11)15(17)18/h8-9H,4-7H2,1-3H3,(H,17,18). The van der Waals surface area contributed by atoms with Gasteiger partial charge < -0.3 is 9.84 Å². The fraction of sp³-hybridized carbons (Fsp3) is 0.467. The van der Waals surface area contributed by atoms with E-state index in [2.05, 4.69) is 6.92 Å². The third-order valence-electron chi connectivity index (χ3n) is 3.04. The lowest BCUT2D eigenvalue weighted by Gasteiger charge is -2.11. The van der Waals surface area contributed by atoms with Gasteiger partial charge >= 0.3 is 5.97 Å². The molecule has 1 N–H and O–H groups in total. The van der Waals surface area contributed by atoms with E-state index in [4.69, 9.17) is 9.84 Å². The van der Waals surface area contributed by atoms with Crippen molar-refractivity contribution in [2.75, 3.05) is 7.11 Å². The molecule has 19 heavy (non-hydrogen) atoms. The van der Waals surface area contributed by atoms with Crippen LogP contribution in [0.4, 0.5) is 0 Å². The fourth-order valence-corrected chi connectivity index (χ4v) is 2.04. The second-order valence-electron chi connectivity index (χ2n) is 4.56. The third-order valence-corrected chi connectivity index (χ3v) is 3.04. The van der Waals surface area contributed by atoms with E-state index in [-0.39, 0.29) is 11.3 Å². The molecule has 0 aliphatic rings. The van der Waals surface area contributed by atoms with E-state index < -0.39 is 5.97 Å². The first-order valence-electron chi connectivity index (χ1n) is 6.46. The largest absolute Gasteiger partial charge is 0.496 e. The maximum Gasteiger partial charge on any atom is 0.339 e. The average Bonchev–Trinajstić information content (AvgIpc) is 2.37. The van der Waals surface area contributed by atoms with Crippen molar-refractivity contribution in [3.05, 3.63) is 28.8 Å². The summed E-state index contributed by atoms with van der Waals surface area (Å²) in [5.41, 5.74) is 1.16. The van der Waals surface area contributed by atoms with E-state index in [0.717, 1.165) is 19.3 Å².